The number of benzene rings is 1. The number of hydrogen-bond acceptors (Lipinski definition) is 6. The first-order chi connectivity index (χ1) is 16.3. The lowest BCUT2D eigenvalue weighted by atomic mass is 10.0. The number of hydrogen-bond donors (Lipinski definition) is 1. The standard InChI is InChI=1S/C25H28N4O2S2/c32-25-27-23(20-9-4-5-12-26-20)24(29(25)14-6-13-28-15-17-30-18-16-28)21-10-11-22(31-21)33-19-7-2-1-3-8-19/h1-5,7-12,23-24H,6,13-18H2,(H,27,32)/t23-,24+/m1/s1. The minimum atomic E-state index is -0.0530. The van der Waals surface area contributed by atoms with E-state index in [-0.39, 0.29) is 12.1 Å². The van der Waals surface area contributed by atoms with E-state index < -0.39 is 0 Å². The fourth-order valence-electron chi connectivity index (χ4n) is 4.40. The van der Waals surface area contributed by atoms with Gasteiger partial charge in [-0.2, -0.15) is 0 Å². The molecule has 2 aromatic heterocycles. The highest BCUT2D eigenvalue weighted by molar-refractivity contribution is 7.99. The van der Waals surface area contributed by atoms with Crippen LogP contribution in [0.5, 0.6) is 0 Å². The average Bonchev–Trinajstić information content (AvgIpc) is 3.45. The number of thiocarbonyl (C=S) groups is 1. The third kappa shape index (κ3) is 5.41. The minimum absolute atomic E-state index is 0.0396. The van der Waals surface area contributed by atoms with E-state index in [4.69, 9.17) is 21.4 Å². The van der Waals surface area contributed by atoms with Gasteiger partial charge in [-0.3, -0.25) is 9.88 Å². The molecule has 2 fully saturated rings. The summed E-state index contributed by atoms with van der Waals surface area (Å²) in [4.78, 5) is 10.5. The van der Waals surface area contributed by atoms with Crippen LogP contribution in [0.2, 0.25) is 0 Å². The maximum Gasteiger partial charge on any atom is 0.170 e. The van der Waals surface area contributed by atoms with Crippen molar-refractivity contribution >= 4 is 29.1 Å². The smallest absolute Gasteiger partial charge is 0.170 e. The van der Waals surface area contributed by atoms with Crippen LogP contribution in [0.15, 0.2) is 81.3 Å². The topological polar surface area (TPSA) is 53.8 Å². The van der Waals surface area contributed by atoms with Crippen LogP contribution >= 0.6 is 24.0 Å². The lowest BCUT2D eigenvalue weighted by Crippen LogP contribution is -2.38. The van der Waals surface area contributed by atoms with Crippen LogP contribution in [0.4, 0.5) is 0 Å². The maximum atomic E-state index is 6.37. The number of nitrogens with zero attached hydrogens (tertiary/aromatic N) is 3. The Kier molecular flexibility index (Phi) is 7.26. The van der Waals surface area contributed by atoms with Gasteiger partial charge in [-0.25, -0.2) is 0 Å². The Labute approximate surface area is 204 Å². The van der Waals surface area contributed by atoms with Crippen molar-refractivity contribution in [3.63, 3.8) is 0 Å². The highest BCUT2D eigenvalue weighted by Crippen LogP contribution is 2.41. The van der Waals surface area contributed by atoms with Gasteiger partial charge in [0.25, 0.3) is 0 Å². The molecule has 3 aromatic rings. The largest absolute Gasteiger partial charge is 0.452 e. The molecule has 8 heteroatoms. The second-order valence-electron chi connectivity index (χ2n) is 8.20. The first-order valence-electron chi connectivity index (χ1n) is 11.4. The lowest BCUT2D eigenvalue weighted by Gasteiger charge is -2.29. The molecule has 2 saturated heterocycles. The van der Waals surface area contributed by atoms with E-state index >= 15 is 0 Å². The Balaban J connectivity index is 1.35. The molecule has 1 aromatic carbocycles. The van der Waals surface area contributed by atoms with Crippen LogP contribution in [0.1, 0.15) is 30.0 Å². The summed E-state index contributed by atoms with van der Waals surface area (Å²) in [5.74, 6) is 0.905. The van der Waals surface area contributed by atoms with Gasteiger partial charge in [0.2, 0.25) is 0 Å². The van der Waals surface area contributed by atoms with Crippen molar-refractivity contribution in [2.24, 2.45) is 0 Å². The molecule has 2 aliphatic rings. The Bertz CT molecular complexity index is 1040. The molecule has 33 heavy (non-hydrogen) atoms. The third-order valence-corrected chi connectivity index (χ3v) is 7.31. The fraction of sp³-hybridized carbons (Fsp3) is 0.360. The highest BCUT2D eigenvalue weighted by atomic mass is 32.2. The Morgan fingerprint density at radius 1 is 1.00 bits per heavy atom. The molecule has 5 rings (SSSR count). The van der Waals surface area contributed by atoms with Gasteiger partial charge in [0.05, 0.1) is 24.9 Å². The van der Waals surface area contributed by atoms with Crippen molar-refractivity contribution in [3.8, 4) is 0 Å². The summed E-state index contributed by atoms with van der Waals surface area (Å²) in [5.41, 5.74) is 0.967. The van der Waals surface area contributed by atoms with E-state index in [9.17, 15) is 0 Å². The van der Waals surface area contributed by atoms with E-state index in [2.05, 4.69) is 44.4 Å². The summed E-state index contributed by atoms with van der Waals surface area (Å²) in [6.07, 6.45) is 2.86. The first kappa shape index (κ1) is 22.4. The normalized spacial score (nSPS) is 21.3. The molecular weight excluding hydrogens is 452 g/mol. The molecule has 2 aliphatic heterocycles. The van der Waals surface area contributed by atoms with Gasteiger partial charge in [-0.1, -0.05) is 36.0 Å². The lowest BCUT2D eigenvalue weighted by molar-refractivity contribution is 0.0365. The Morgan fingerprint density at radius 3 is 2.61 bits per heavy atom. The van der Waals surface area contributed by atoms with Crippen LogP contribution in [0.3, 0.4) is 0 Å². The minimum Gasteiger partial charge on any atom is -0.452 e. The SMILES string of the molecule is S=C1N[C@H](c2ccccn2)[C@H](c2ccc(Sc3ccccc3)o2)N1CCCN1CCOCC1. The van der Waals surface area contributed by atoms with E-state index in [1.165, 1.54) is 0 Å². The molecule has 0 saturated carbocycles. The van der Waals surface area contributed by atoms with E-state index in [0.29, 0.717) is 0 Å². The number of pyridine rings is 1. The number of aromatic nitrogens is 1. The molecule has 6 nitrogen and oxygen atoms in total. The van der Waals surface area contributed by atoms with Gasteiger partial charge in [-0.15, -0.1) is 0 Å². The van der Waals surface area contributed by atoms with Crippen LogP contribution in [0.25, 0.3) is 0 Å². The zero-order valence-electron chi connectivity index (χ0n) is 18.4. The van der Waals surface area contributed by atoms with Crippen LogP contribution < -0.4 is 5.32 Å². The highest BCUT2D eigenvalue weighted by Gasteiger charge is 2.41. The van der Waals surface area contributed by atoms with Gasteiger partial charge in [0.1, 0.15) is 11.8 Å². The number of furan rings is 1. The number of rotatable bonds is 8. The summed E-state index contributed by atoms with van der Waals surface area (Å²) in [5, 5.41) is 5.14. The average molecular weight is 481 g/mol. The van der Waals surface area contributed by atoms with Gasteiger partial charge < -0.3 is 19.4 Å². The monoisotopic (exact) mass is 480 g/mol. The summed E-state index contributed by atoms with van der Waals surface area (Å²) in [6.45, 7) is 5.54. The third-order valence-electron chi connectivity index (χ3n) is 6.03. The van der Waals surface area contributed by atoms with Crippen molar-refractivity contribution in [1.29, 1.82) is 0 Å². The molecule has 2 atom stereocenters. The number of ether oxygens (including phenoxy) is 1. The molecular formula is C25H28N4O2S2. The number of morpholine rings is 1. The predicted octanol–water partition coefficient (Wildman–Crippen LogP) is 4.52. The molecule has 4 heterocycles. The van der Waals surface area contributed by atoms with Gasteiger partial charge in [0, 0.05) is 37.3 Å². The van der Waals surface area contributed by atoms with Crippen LogP contribution in [0, 0.1) is 0 Å². The second-order valence-corrected chi connectivity index (χ2v) is 9.66. The molecule has 0 bridgehead atoms. The zero-order valence-corrected chi connectivity index (χ0v) is 20.1. The Hall–Kier alpha value is -2.39. The van der Waals surface area contributed by atoms with Crippen molar-refractivity contribution in [2.45, 2.75) is 28.5 Å². The first-order valence-corrected chi connectivity index (χ1v) is 12.6. The Morgan fingerprint density at radius 2 is 1.82 bits per heavy atom. The van der Waals surface area contributed by atoms with Crippen LogP contribution in [-0.2, 0) is 4.74 Å². The molecule has 0 unspecified atom stereocenters. The molecule has 0 radical (unpaired) electrons. The van der Waals surface area contributed by atoms with Crippen LogP contribution in [-0.4, -0.2) is 59.3 Å². The maximum absolute atomic E-state index is 6.37. The second kappa shape index (κ2) is 10.7. The van der Waals surface area contributed by atoms with E-state index in [1.54, 1.807) is 11.8 Å². The van der Waals surface area contributed by atoms with Crippen molar-refractivity contribution in [3.05, 3.63) is 78.3 Å². The summed E-state index contributed by atoms with van der Waals surface area (Å²) in [6, 6.07) is 20.3. The van der Waals surface area contributed by atoms with Gasteiger partial charge >= 0.3 is 0 Å². The molecule has 172 valence electrons. The zero-order chi connectivity index (χ0) is 22.5. The van der Waals surface area contributed by atoms with Crippen molar-refractivity contribution in [2.75, 3.05) is 39.4 Å². The van der Waals surface area contributed by atoms with Gasteiger partial charge in [0.15, 0.2) is 10.2 Å². The van der Waals surface area contributed by atoms with Crippen molar-refractivity contribution < 1.29 is 9.15 Å². The quantitative estimate of drug-likeness (QED) is 0.473. The molecule has 0 aliphatic carbocycles. The number of nitrogens with one attached hydrogen (secondary N) is 1. The summed E-state index contributed by atoms with van der Waals surface area (Å²) >= 11 is 7.41. The predicted molar refractivity (Wildman–Crippen MR) is 133 cm³/mol. The molecule has 1 N–H and O–H groups in total. The van der Waals surface area contributed by atoms with Gasteiger partial charge in [-0.05, 0) is 55.0 Å². The van der Waals surface area contributed by atoms with E-state index in [1.807, 2.05) is 42.6 Å². The summed E-state index contributed by atoms with van der Waals surface area (Å²) < 4.78 is 11.8. The molecule has 0 amide bonds. The fourth-order valence-corrected chi connectivity index (χ4v) is 5.53. The molecule has 0 spiro atoms. The summed E-state index contributed by atoms with van der Waals surface area (Å²) in [7, 11) is 0. The van der Waals surface area contributed by atoms with Crippen molar-refractivity contribution in [1.82, 2.24) is 20.1 Å². The van der Waals surface area contributed by atoms with E-state index in [0.717, 1.165) is 72.4 Å².